The maximum Gasteiger partial charge on any atom is 0.341 e. The van der Waals surface area contributed by atoms with E-state index < -0.39 is 11.4 Å². The Balaban J connectivity index is 2.12. The Hall–Kier alpha value is -3.58. The number of hydrogen-bond acceptors (Lipinski definition) is 5. The second kappa shape index (κ2) is 8.62. The van der Waals surface area contributed by atoms with E-state index in [4.69, 9.17) is 9.47 Å². The number of ether oxygens (including phenoxy) is 2. The van der Waals surface area contributed by atoms with Gasteiger partial charge in [-0.15, -0.1) is 0 Å². The number of carboxylic acid groups (broad SMARTS) is 1. The molecule has 1 heterocycles. The highest BCUT2D eigenvalue weighted by Crippen LogP contribution is 2.26. The molecular formula is C22H22N2O5. The van der Waals surface area contributed by atoms with E-state index in [1.165, 1.54) is 19.4 Å². The predicted molar refractivity (Wildman–Crippen MR) is 111 cm³/mol. The van der Waals surface area contributed by atoms with Crippen LogP contribution in [0.15, 0.2) is 65.6 Å². The predicted octanol–water partition coefficient (Wildman–Crippen LogP) is 3.25. The molecule has 0 fully saturated rings. The average Bonchev–Trinajstić information content (AvgIpc) is 2.72. The van der Waals surface area contributed by atoms with Gasteiger partial charge in [0.25, 0.3) is 0 Å². The van der Waals surface area contributed by atoms with E-state index in [1.54, 1.807) is 28.8 Å². The van der Waals surface area contributed by atoms with Gasteiger partial charge in [-0.05, 0) is 42.0 Å². The van der Waals surface area contributed by atoms with Gasteiger partial charge in [-0.2, -0.15) is 0 Å². The van der Waals surface area contributed by atoms with Gasteiger partial charge in [0.2, 0.25) is 0 Å². The van der Waals surface area contributed by atoms with Crippen LogP contribution in [0.2, 0.25) is 0 Å². The Morgan fingerprint density at radius 3 is 2.28 bits per heavy atom. The Kier molecular flexibility index (Phi) is 5.99. The van der Waals surface area contributed by atoms with Crippen LogP contribution >= 0.6 is 0 Å². The molecule has 0 aliphatic rings. The molecule has 0 aliphatic heterocycles. The molecule has 0 amide bonds. The smallest absolute Gasteiger partial charge is 0.341 e. The van der Waals surface area contributed by atoms with E-state index in [-0.39, 0.29) is 12.4 Å². The number of carboxylic acids is 1. The highest BCUT2D eigenvalue weighted by molar-refractivity contribution is 5.87. The van der Waals surface area contributed by atoms with Crippen LogP contribution in [0.25, 0.3) is 16.9 Å². The third kappa shape index (κ3) is 4.47. The SMILES string of the molecule is COCOc1ccc(-n2cc(C(=O)O)c(=O)cc2-c2ccc(N(C)C)cc2)cc1. The number of methoxy groups -OCH3 is 1. The number of carbonyl (C=O) groups is 1. The van der Waals surface area contributed by atoms with Crippen molar-refractivity contribution in [2.45, 2.75) is 0 Å². The molecule has 0 saturated carbocycles. The third-order valence-electron chi connectivity index (χ3n) is 4.42. The second-order valence-electron chi connectivity index (χ2n) is 6.60. The molecule has 0 unspecified atom stereocenters. The number of aromatic nitrogens is 1. The quantitative estimate of drug-likeness (QED) is 0.620. The molecule has 0 bridgehead atoms. The summed E-state index contributed by atoms with van der Waals surface area (Å²) in [7, 11) is 5.43. The number of pyridine rings is 1. The molecule has 0 aliphatic carbocycles. The van der Waals surface area contributed by atoms with Gasteiger partial charge in [0, 0.05) is 44.8 Å². The fraction of sp³-hybridized carbons (Fsp3) is 0.182. The van der Waals surface area contributed by atoms with Crippen LogP contribution in [-0.2, 0) is 4.74 Å². The first-order valence-electron chi connectivity index (χ1n) is 8.90. The monoisotopic (exact) mass is 394 g/mol. The molecule has 150 valence electrons. The molecule has 0 atom stereocenters. The second-order valence-corrected chi connectivity index (χ2v) is 6.60. The van der Waals surface area contributed by atoms with Gasteiger partial charge in [0.05, 0.1) is 5.69 Å². The molecule has 1 N–H and O–H groups in total. The number of rotatable bonds is 7. The first-order chi connectivity index (χ1) is 13.9. The van der Waals surface area contributed by atoms with Gasteiger partial charge in [-0.3, -0.25) is 4.79 Å². The van der Waals surface area contributed by atoms with E-state index in [2.05, 4.69) is 0 Å². The molecule has 0 radical (unpaired) electrons. The van der Waals surface area contributed by atoms with Crippen molar-refractivity contribution in [1.29, 1.82) is 0 Å². The van der Waals surface area contributed by atoms with Crippen LogP contribution in [0.3, 0.4) is 0 Å². The zero-order chi connectivity index (χ0) is 21.0. The fourth-order valence-corrected chi connectivity index (χ4v) is 2.89. The summed E-state index contributed by atoms with van der Waals surface area (Å²) in [5.74, 6) is -0.648. The molecule has 29 heavy (non-hydrogen) atoms. The Bertz CT molecular complexity index is 1050. The van der Waals surface area contributed by atoms with Crippen molar-refractivity contribution in [1.82, 2.24) is 4.57 Å². The number of aromatic carboxylic acids is 1. The summed E-state index contributed by atoms with van der Waals surface area (Å²) in [6.07, 6.45) is 1.35. The summed E-state index contributed by atoms with van der Waals surface area (Å²) < 4.78 is 12.0. The molecule has 2 aromatic carbocycles. The van der Waals surface area contributed by atoms with Crippen molar-refractivity contribution in [2.75, 3.05) is 32.9 Å². The number of benzene rings is 2. The zero-order valence-electron chi connectivity index (χ0n) is 16.5. The summed E-state index contributed by atoms with van der Waals surface area (Å²) in [5.41, 5.74) is 2.27. The third-order valence-corrected chi connectivity index (χ3v) is 4.42. The summed E-state index contributed by atoms with van der Waals surface area (Å²) in [6, 6.07) is 16.1. The lowest BCUT2D eigenvalue weighted by Crippen LogP contribution is -2.18. The van der Waals surface area contributed by atoms with Crippen molar-refractivity contribution in [2.24, 2.45) is 0 Å². The maximum atomic E-state index is 12.3. The highest BCUT2D eigenvalue weighted by atomic mass is 16.7. The lowest BCUT2D eigenvalue weighted by atomic mass is 10.1. The van der Waals surface area contributed by atoms with Gasteiger partial charge in [0.1, 0.15) is 11.3 Å². The van der Waals surface area contributed by atoms with E-state index in [0.717, 1.165) is 11.3 Å². The fourth-order valence-electron chi connectivity index (χ4n) is 2.89. The van der Waals surface area contributed by atoms with Crippen LogP contribution in [-0.4, -0.2) is 43.6 Å². The Labute approximate surface area is 168 Å². The molecule has 3 aromatic rings. The average molecular weight is 394 g/mol. The van der Waals surface area contributed by atoms with Gasteiger partial charge >= 0.3 is 5.97 Å². The topological polar surface area (TPSA) is 81.0 Å². The first kappa shape index (κ1) is 20.2. The zero-order valence-corrected chi connectivity index (χ0v) is 16.5. The largest absolute Gasteiger partial charge is 0.477 e. The van der Waals surface area contributed by atoms with Crippen molar-refractivity contribution in [3.8, 4) is 22.7 Å². The number of nitrogens with zero attached hydrogens (tertiary/aromatic N) is 2. The Morgan fingerprint density at radius 1 is 1.07 bits per heavy atom. The molecule has 7 heteroatoms. The summed E-state index contributed by atoms with van der Waals surface area (Å²) in [5, 5.41) is 9.38. The number of hydrogen-bond donors (Lipinski definition) is 1. The lowest BCUT2D eigenvalue weighted by molar-refractivity contribution is 0.0511. The summed E-state index contributed by atoms with van der Waals surface area (Å²) in [4.78, 5) is 25.8. The van der Waals surface area contributed by atoms with E-state index in [9.17, 15) is 14.7 Å². The van der Waals surface area contributed by atoms with Crippen molar-refractivity contribution in [3.63, 3.8) is 0 Å². The maximum absolute atomic E-state index is 12.3. The number of anilines is 1. The van der Waals surface area contributed by atoms with Crippen molar-refractivity contribution < 1.29 is 19.4 Å². The standard InChI is InChI=1S/C22H22N2O5/c1-23(2)16-6-4-15(5-7-16)20-12-21(25)19(22(26)27)13-24(20)17-8-10-18(11-9-17)29-14-28-3/h4-13H,14H2,1-3H3,(H,26,27). The molecule has 0 saturated heterocycles. The summed E-state index contributed by atoms with van der Waals surface area (Å²) >= 11 is 0. The van der Waals surface area contributed by atoms with Gasteiger partial charge in [0.15, 0.2) is 12.2 Å². The van der Waals surface area contributed by atoms with Crippen molar-refractivity contribution in [3.05, 3.63) is 76.6 Å². The lowest BCUT2D eigenvalue weighted by Gasteiger charge is -2.17. The van der Waals surface area contributed by atoms with Gasteiger partial charge in [-0.1, -0.05) is 12.1 Å². The van der Waals surface area contributed by atoms with E-state index in [1.807, 2.05) is 43.3 Å². The van der Waals surface area contributed by atoms with Crippen molar-refractivity contribution >= 4 is 11.7 Å². The Morgan fingerprint density at radius 2 is 1.72 bits per heavy atom. The van der Waals surface area contributed by atoms with Crippen LogP contribution in [0.5, 0.6) is 5.75 Å². The first-order valence-corrected chi connectivity index (χ1v) is 8.90. The minimum absolute atomic E-state index is 0.129. The van der Waals surface area contributed by atoms with E-state index in [0.29, 0.717) is 17.1 Å². The van der Waals surface area contributed by atoms with Crippen LogP contribution < -0.4 is 15.1 Å². The molecule has 7 nitrogen and oxygen atoms in total. The summed E-state index contributed by atoms with van der Waals surface area (Å²) in [6.45, 7) is 0.129. The minimum atomic E-state index is -1.27. The molecule has 1 aromatic heterocycles. The minimum Gasteiger partial charge on any atom is -0.477 e. The highest BCUT2D eigenvalue weighted by Gasteiger charge is 2.15. The molecule has 3 rings (SSSR count). The van der Waals surface area contributed by atoms with Crippen LogP contribution in [0, 0.1) is 0 Å². The normalized spacial score (nSPS) is 10.6. The van der Waals surface area contributed by atoms with Crippen LogP contribution in [0.1, 0.15) is 10.4 Å². The van der Waals surface area contributed by atoms with Gasteiger partial charge in [-0.25, -0.2) is 4.79 Å². The van der Waals surface area contributed by atoms with E-state index >= 15 is 0 Å². The molecular weight excluding hydrogens is 372 g/mol. The van der Waals surface area contributed by atoms with Gasteiger partial charge < -0.3 is 24.0 Å². The molecule has 0 spiro atoms. The van der Waals surface area contributed by atoms with Crippen LogP contribution in [0.4, 0.5) is 5.69 Å².